The Labute approximate surface area is 181 Å². The molecule has 158 valence electrons. The maximum absolute atomic E-state index is 13.0. The second-order valence-corrected chi connectivity index (χ2v) is 7.17. The molecule has 2 heterocycles. The molecule has 1 aromatic heterocycles. The van der Waals surface area contributed by atoms with Crippen molar-refractivity contribution in [3.8, 4) is 22.6 Å². The number of hydrogen-bond donors (Lipinski definition) is 0. The number of carbonyl (C=O) groups excluding carboxylic acids is 2. The predicted molar refractivity (Wildman–Crippen MR) is 117 cm³/mol. The van der Waals surface area contributed by atoms with Crippen molar-refractivity contribution in [1.82, 2.24) is 9.88 Å². The SMILES string of the molecule is CCOc1ccc(-c2cccnc2[C@@H](C)N2C(=O)c3ccccc3C2=O)cc1OCC. The van der Waals surface area contributed by atoms with E-state index in [4.69, 9.17) is 9.47 Å². The van der Waals surface area contributed by atoms with E-state index in [1.54, 1.807) is 30.5 Å². The number of rotatable bonds is 7. The Balaban J connectivity index is 1.74. The van der Waals surface area contributed by atoms with Gasteiger partial charge in [0, 0.05) is 11.8 Å². The van der Waals surface area contributed by atoms with Crippen LogP contribution in [0.3, 0.4) is 0 Å². The molecular formula is C25H24N2O4. The van der Waals surface area contributed by atoms with Crippen LogP contribution < -0.4 is 9.47 Å². The quantitative estimate of drug-likeness (QED) is 0.512. The Morgan fingerprint density at radius 3 is 2.10 bits per heavy atom. The molecule has 0 radical (unpaired) electrons. The number of ether oxygens (including phenoxy) is 2. The van der Waals surface area contributed by atoms with Crippen LogP contribution >= 0.6 is 0 Å². The molecule has 0 fully saturated rings. The van der Waals surface area contributed by atoms with Crippen LogP contribution in [0.4, 0.5) is 0 Å². The molecule has 0 saturated heterocycles. The minimum absolute atomic E-state index is 0.300. The molecule has 1 aliphatic rings. The van der Waals surface area contributed by atoms with E-state index in [-0.39, 0.29) is 11.8 Å². The second kappa shape index (κ2) is 8.60. The molecule has 4 rings (SSSR count). The summed E-state index contributed by atoms with van der Waals surface area (Å²) < 4.78 is 11.4. The summed E-state index contributed by atoms with van der Waals surface area (Å²) in [7, 11) is 0. The number of nitrogens with zero attached hydrogens (tertiary/aromatic N) is 2. The first-order chi connectivity index (χ1) is 15.1. The summed E-state index contributed by atoms with van der Waals surface area (Å²) in [5.41, 5.74) is 3.20. The van der Waals surface area contributed by atoms with Crippen molar-refractivity contribution in [2.24, 2.45) is 0 Å². The highest BCUT2D eigenvalue weighted by atomic mass is 16.5. The Morgan fingerprint density at radius 2 is 1.45 bits per heavy atom. The molecule has 0 bridgehead atoms. The van der Waals surface area contributed by atoms with Crippen LogP contribution in [-0.4, -0.2) is 34.9 Å². The average molecular weight is 416 g/mol. The standard InChI is InChI=1S/C25H24N2O4/c1-4-30-21-13-12-17(15-22(21)31-5-2)18-11-8-14-26-23(18)16(3)27-24(28)19-9-6-7-10-20(19)25(27)29/h6-16H,4-5H2,1-3H3/t16-/m1/s1. The van der Waals surface area contributed by atoms with Crippen molar-refractivity contribution >= 4 is 11.8 Å². The lowest BCUT2D eigenvalue weighted by Gasteiger charge is -2.24. The Kier molecular flexibility index (Phi) is 5.71. The highest BCUT2D eigenvalue weighted by molar-refractivity contribution is 6.21. The van der Waals surface area contributed by atoms with Crippen molar-refractivity contribution in [2.75, 3.05) is 13.2 Å². The molecule has 6 nitrogen and oxygen atoms in total. The third-order valence-electron chi connectivity index (χ3n) is 5.30. The van der Waals surface area contributed by atoms with E-state index in [2.05, 4.69) is 4.98 Å². The van der Waals surface area contributed by atoms with Gasteiger partial charge in [0.15, 0.2) is 11.5 Å². The monoisotopic (exact) mass is 416 g/mol. The van der Waals surface area contributed by atoms with Gasteiger partial charge in [0.1, 0.15) is 0 Å². The molecule has 6 heteroatoms. The van der Waals surface area contributed by atoms with Gasteiger partial charge in [-0.05, 0) is 56.7 Å². The summed E-state index contributed by atoms with van der Waals surface area (Å²) in [5, 5.41) is 0. The summed E-state index contributed by atoms with van der Waals surface area (Å²) in [5.74, 6) is 0.717. The van der Waals surface area contributed by atoms with Crippen LogP contribution in [0.15, 0.2) is 60.8 Å². The third kappa shape index (κ3) is 3.65. The number of aromatic nitrogens is 1. The molecule has 3 aromatic rings. The van der Waals surface area contributed by atoms with E-state index in [0.29, 0.717) is 41.5 Å². The molecule has 0 spiro atoms. The largest absolute Gasteiger partial charge is 0.490 e. The van der Waals surface area contributed by atoms with E-state index >= 15 is 0 Å². The maximum Gasteiger partial charge on any atom is 0.262 e. The lowest BCUT2D eigenvalue weighted by Crippen LogP contribution is -2.33. The summed E-state index contributed by atoms with van der Waals surface area (Å²) >= 11 is 0. The first-order valence-corrected chi connectivity index (χ1v) is 10.4. The zero-order chi connectivity index (χ0) is 22.0. The molecule has 0 N–H and O–H groups in total. The topological polar surface area (TPSA) is 68.7 Å². The van der Waals surface area contributed by atoms with Gasteiger partial charge in [-0.15, -0.1) is 0 Å². The summed E-state index contributed by atoms with van der Waals surface area (Å²) in [6.07, 6.45) is 1.67. The van der Waals surface area contributed by atoms with Crippen molar-refractivity contribution < 1.29 is 19.1 Å². The van der Waals surface area contributed by atoms with Gasteiger partial charge in [0.2, 0.25) is 0 Å². The molecule has 0 aliphatic carbocycles. The van der Waals surface area contributed by atoms with Gasteiger partial charge >= 0.3 is 0 Å². The Bertz CT molecular complexity index is 1110. The van der Waals surface area contributed by atoms with Gasteiger partial charge in [-0.25, -0.2) is 0 Å². The zero-order valence-electron chi connectivity index (χ0n) is 17.8. The third-order valence-corrected chi connectivity index (χ3v) is 5.30. The highest BCUT2D eigenvalue weighted by Crippen LogP contribution is 2.38. The van der Waals surface area contributed by atoms with Gasteiger partial charge in [-0.3, -0.25) is 19.5 Å². The van der Waals surface area contributed by atoms with Gasteiger partial charge in [0.25, 0.3) is 11.8 Å². The first kappa shape index (κ1) is 20.6. The molecular weight excluding hydrogens is 392 g/mol. The number of amides is 2. The molecule has 0 saturated carbocycles. The zero-order valence-corrected chi connectivity index (χ0v) is 17.8. The predicted octanol–water partition coefficient (Wildman–Crippen LogP) is 4.90. The highest BCUT2D eigenvalue weighted by Gasteiger charge is 2.39. The van der Waals surface area contributed by atoms with E-state index in [1.165, 1.54) is 4.90 Å². The van der Waals surface area contributed by atoms with E-state index in [1.807, 2.05) is 51.1 Å². The van der Waals surface area contributed by atoms with Crippen LogP contribution in [0.1, 0.15) is 53.2 Å². The van der Waals surface area contributed by atoms with Crippen molar-refractivity contribution in [2.45, 2.75) is 26.8 Å². The van der Waals surface area contributed by atoms with Gasteiger partial charge in [-0.2, -0.15) is 0 Å². The molecule has 2 aromatic carbocycles. The van der Waals surface area contributed by atoms with Crippen molar-refractivity contribution in [1.29, 1.82) is 0 Å². The molecule has 0 unspecified atom stereocenters. The van der Waals surface area contributed by atoms with Gasteiger partial charge in [-0.1, -0.05) is 24.3 Å². The van der Waals surface area contributed by atoms with Crippen molar-refractivity contribution in [3.05, 3.63) is 77.6 Å². The van der Waals surface area contributed by atoms with E-state index in [0.717, 1.165) is 11.1 Å². The minimum atomic E-state index is -0.536. The van der Waals surface area contributed by atoms with Gasteiger partial charge < -0.3 is 9.47 Å². The lowest BCUT2D eigenvalue weighted by atomic mass is 9.99. The number of benzene rings is 2. The molecule has 1 atom stereocenters. The summed E-state index contributed by atoms with van der Waals surface area (Å²) in [6, 6.07) is 15.8. The fourth-order valence-electron chi connectivity index (χ4n) is 3.90. The van der Waals surface area contributed by atoms with Crippen LogP contribution in [0.2, 0.25) is 0 Å². The Hall–Kier alpha value is -3.67. The van der Waals surface area contributed by atoms with Gasteiger partial charge in [0.05, 0.1) is 36.1 Å². The van der Waals surface area contributed by atoms with Crippen LogP contribution in [0, 0.1) is 0 Å². The number of imide groups is 1. The average Bonchev–Trinajstić information content (AvgIpc) is 3.05. The maximum atomic E-state index is 13.0. The summed E-state index contributed by atoms with van der Waals surface area (Å²) in [4.78, 5) is 31.8. The van der Waals surface area contributed by atoms with Crippen LogP contribution in [-0.2, 0) is 0 Å². The molecule has 1 aliphatic heterocycles. The van der Waals surface area contributed by atoms with Crippen LogP contribution in [0.5, 0.6) is 11.5 Å². The Morgan fingerprint density at radius 1 is 0.839 bits per heavy atom. The number of hydrogen-bond acceptors (Lipinski definition) is 5. The van der Waals surface area contributed by atoms with E-state index in [9.17, 15) is 9.59 Å². The smallest absolute Gasteiger partial charge is 0.262 e. The van der Waals surface area contributed by atoms with Crippen molar-refractivity contribution in [3.63, 3.8) is 0 Å². The first-order valence-electron chi connectivity index (χ1n) is 10.4. The number of carbonyl (C=O) groups is 2. The lowest BCUT2D eigenvalue weighted by molar-refractivity contribution is 0.0592. The fraction of sp³-hybridized carbons (Fsp3) is 0.240. The normalized spacial score (nSPS) is 13.8. The second-order valence-electron chi connectivity index (χ2n) is 7.17. The van der Waals surface area contributed by atoms with Crippen LogP contribution in [0.25, 0.3) is 11.1 Å². The molecule has 31 heavy (non-hydrogen) atoms. The minimum Gasteiger partial charge on any atom is -0.490 e. The summed E-state index contributed by atoms with van der Waals surface area (Å²) in [6.45, 7) is 6.71. The molecule has 2 amide bonds. The number of pyridine rings is 1. The van der Waals surface area contributed by atoms with E-state index < -0.39 is 6.04 Å². The fourth-order valence-corrected chi connectivity index (χ4v) is 3.90. The number of fused-ring (bicyclic) bond motifs is 1.